The molecule has 0 heterocycles. The first kappa shape index (κ1) is 12.8. The number of carbonyl (C=O) groups excluding carboxylic acids is 1. The van der Waals surface area contributed by atoms with Crippen molar-refractivity contribution in [3.8, 4) is 0 Å². The molecule has 0 saturated heterocycles. The summed E-state index contributed by atoms with van der Waals surface area (Å²) in [5, 5.41) is 11.6. The average molecular weight is 229 g/mol. The topological polar surface area (TPSA) is 75.6 Å². The summed E-state index contributed by atoms with van der Waals surface area (Å²) in [5.74, 6) is -1.31. The molecule has 1 rings (SSSR count). The Morgan fingerprint density at radius 3 is 2.75 bits per heavy atom. The molecular formula is C11H19NO4. The van der Waals surface area contributed by atoms with Crippen LogP contribution in [0, 0.1) is 5.92 Å². The number of hydrogen-bond donors (Lipinski definition) is 2. The lowest BCUT2D eigenvalue weighted by molar-refractivity contribution is -0.142. The van der Waals surface area contributed by atoms with E-state index in [-0.39, 0.29) is 12.1 Å². The van der Waals surface area contributed by atoms with Gasteiger partial charge in [-0.2, -0.15) is 0 Å². The van der Waals surface area contributed by atoms with Crippen LogP contribution in [-0.4, -0.2) is 29.3 Å². The summed E-state index contributed by atoms with van der Waals surface area (Å²) in [6, 6.07) is -0.283. The molecule has 3 atom stereocenters. The second-order valence-corrected chi connectivity index (χ2v) is 4.25. The monoisotopic (exact) mass is 229 g/mol. The Labute approximate surface area is 95.2 Å². The highest BCUT2D eigenvalue weighted by molar-refractivity contribution is 5.74. The van der Waals surface area contributed by atoms with Crippen LogP contribution in [-0.2, 0) is 9.53 Å². The van der Waals surface area contributed by atoms with Crippen molar-refractivity contribution in [2.75, 3.05) is 0 Å². The molecule has 0 aromatic carbocycles. The molecule has 0 aromatic rings. The van der Waals surface area contributed by atoms with E-state index in [1.54, 1.807) is 0 Å². The summed E-state index contributed by atoms with van der Waals surface area (Å²) in [5.41, 5.74) is 0. The van der Waals surface area contributed by atoms with Gasteiger partial charge < -0.3 is 15.2 Å². The van der Waals surface area contributed by atoms with Gasteiger partial charge in [-0.1, -0.05) is 13.3 Å². The number of aliphatic carboxylic acids is 1. The minimum absolute atomic E-state index is 0.135. The van der Waals surface area contributed by atoms with Crippen molar-refractivity contribution < 1.29 is 19.4 Å². The molecule has 5 nitrogen and oxygen atoms in total. The van der Waals surface area contributed by atoms with Crippen LogP contribution in [0.25, 0.3) is 0 Å². The number of carboxylic acid groups (broad SMARTS) is 1. The third kappa shape index (κ3) is 3.40. The fourth-order valence-corrected chi connectivity index (χ4v) is 1.88. The van der Waals surface area contributed by atoms with Crippen LogP contribution in [0.3, 0.4) is 0 Å². The van der Waals surface area contributed by atoms with Gasteiger partial charge in [-0.05, 0) is 26.2 Å². The standard InChI is InChI=1S/C11H19NO4/c1-3-7(2)16-11(15)12-9-6-4-5-8(9)10(13)14/h7-9H,3-6H2,1-2H3,(H,12,15)(H,13,14). The molecule has 0 aromatic heterocycles. The molecule has 0 radical (unpaired) electrons. The zero-order chi connectivity index (χ0) is 12.1. The molecule has 0 aliphatic heterocycles. The van der Waals surface area contributed by atoms with E-state index in [0.29, 0.717) is 12.8 Å². The van der Waals surface area contributed by atoms with Gasteiger partial charge in [-0.15, -0.1) is 0 Å². The smallest absolute Gasteiger partial charge is 0.407 e. The molecule has 1 saturated carbocycles. The quantitative estimate of drug-likeness (QED) is 0.770. The van der Waals surface area contributed by atoms with E-state index in [0.717, 1.165) is 12.8 Å². The molecule has 0 spiro atoms. The molecule has 2 N–H and O–H groups in total. The highest BCUT2D eigenvalue weighted by Gasteiger charge is 2.34. The molecule has 0 bridgehead atoms. The lowest BCUT2D eigenvalue weighted by atomic mass is 10.0. The molecule has 1 aliphatic rings. The Hall–Kier alpha value is -1.26. The third-order valence-corrected chi connectivity index (χ3v) is 3.02. The maximum Gasteiger partial charge on any atom is 0.407 e. The van der Waals surface area contributed by atoms with E-state index in [9.17, 15) is 9.59 Å². The first-order valence-corrected chi connectivity index (χ1v) is 5.74. The number of carbonyl (C=O) groups is 2. The van der Waals surface area contributed by atoms with Crippen molar-refractivity contribution in [2.24, 2.45) is 5.92 Å². The van der Waals surface area contributed by atoms with Crippen molar-refractivity contribution in [3.63, 3.8) is 0 Å². The Kier molecular flexibility index (Phi) is 4.58. The van der Waals surface area contributed by atoms with Crippen molar-refractivity contribution in [1.82, 2.24) is 5.32 Å². The van der Waals surface area contributed by atoms with Crippen molar-refractivity contribution in [1.29, 1.82) is 0 Å². The first-order valence-electron chi connectivity index (χ1n) is 5.74. The first-order chi connectivity index (χ1) is 7.54. The van der Waals surface area contributed by atoms with Gasteiger partial charge in [0.1, 0.15) is 6.10 Å². The summed E-state index contributed by atoms with van der Waals surface area (Å²) in [6.45, 7) is 3.73. The minimum atomic E-state index is -0.841. The van der Waals surface area contributed by atoms with E-state index >= 15 is 0 Å². The van der Waals surface area contributed by atoms with Gasteiger partial charge in [0.2, 0.25) is 0 Å². The van der Waals surface area contributed by atoms with Gasteiger partial charge in [0.05, 0.1) is 5.92 Å². The predicted molar refractivity (Wildman–Crippen MR) is 58.1 cm³/mol. The maximum atomic E-state index is 11.4. The Morgan fingerprint density at radius 1 is 1.50 bits per heavy atom. The van der Waals surface area contributed by atoms with Crippen molar-refractivity contribution in [3.05, 3.63) is 0 Å². The summed E-state index contributed by atoms with van der Waals surface area (Å²) < 4.78 is 5.05. The van der Waals surface area contributed by atoms with Crippen LogP contribution < -0.4 is 5.32 Å². The number of ether oxygens (including phenoxy) is 1. The molecule has 92 valence electrons. The van der Waals surface area contributed by atoms with Crippen LogP contribution in [0.5, 0.6) is 0 Å². The van der Waals surface area contributed by atoms with Gasteiger partial charge in [0.15, 0.2) is 0 Å². The van der Waals surface area contributed by atoms with E-state index in [1.165, 1.54) is 0 Å². The van der Waals surface area contributed by atoms with E-state index in [1.807, 2.05) is 13.8 Å². The van der Waals surface area contributed by atoms with Crippen LogP contribution >= 0.6 is 0 Å². The minimum Gasteiger partial charge on any atom is -0.481 e. The van der Waals surface area contributed by atoms with Crippen LogP contribution in [0.15, 0.2) is 0 Å². The summed E-state index contributed by atoms with van der Waals surface area (Å²) in [6.07, 6.45) is 2.29. The molecule has 1 aliphatic carbocycles. The highest BCUT2D eigenvalue weighted by Crippen LogP contribution is 2.25. The number of amides is 1. The molecule has 1 amide bonds. The summed E-state index contributed by atoms with van der Waals surface area (Å²) in [4.78, 5) is 22.3. The van der Waals surface area contributed by atoms with Crippen LogP contribution in [0.4, 0.5) is 4.79 Å². The largest absolute Gasteiger partial charge is 0.481 e. The predicted octanol–water partition coefficient (Wildman–Crippen LogP) is 1.76. The van der Waals surface area contributed by atoms with Crippen LogP contribution in [0.1, 0.15) is 39.5 Å². The molecule has 3 unspecified atom stereocenters. The highest BCUT2D eigenvalue weighted by atomic mass is 16.6. The molecule has 5 heteroatoms. The number of nitrogens with one attached hydrogen (secondary N) is 1. The van der Waals surface area contributed by atoms with E-state index in [4.69, 9.17) is 9.84 Å². The van der Waals surface area contributed by atoms with Gasteiger partial charge in [0, 0.05) is 6.04 Å². The average Bonchev–Trinajstić information content (AvgIpc) is 2.65. The summed E-state index contributed by atoms with van der Waals surface area (Å²) in [7, 11) is 0. The van der Waals surface area contributed by atoms with Crippen molar-refractivity contribution >= 4 is 12.1 Å². The van der Waals surface area contributed by atoms with E-state index in [2.05, 4.69) is 5.32 Å². The van der Waals surface area contributed by atoms with E-state index < -0.39 is 18.0 Å². The fourth-order valence-electron chi connectivity index (χ4n) is 1.88. The van der Waals surface area contributed by atoms with Gasteiger partial charge in [0.25, 0.3) is 0 Å². The zero-order valence-corrected chi connectivity index (χ0v) is 9.73. The molecular weight excluding hydrogens is 210 g/mol. The van der Waals surface area contributed by atoms with Crippen molar-refractivity contribution in [2.45, 2.75) is 51.7 Å². The Morgan fingerprint density at radius 2 is 2.19 bits per heavy atom. The Bertz CT molecular complexity index is 267. The third-order valence-electron chi connectivity index (χ3n) is 3.02. The summed E-state index contributed by atoms with van der Waals surface area (Å²) >= 11 is 0. The lowest BCUT2D eigenvalue weighted by Gasteiger charge is -2.19. The molecule has 16 heavy (non-hydrogen) atoms. The van der Waals surface area contributed by atoms with Crippen LogP contribution in [0.2, 0.25) is 0 Å². The fraction of sp³-hybridized carbons (Fsp3) is 0.818. The lowest BCUT2D eigenvalue weighted by Crippen LogP contribution is -2.41. The maximum absolute atomic E-state index is 11.4. The second kappa shape index (κ2) is 5.72. The Balaban J connectivity index is 2.41. The number of carboxylic acids is 1. The molecule has 1 fully saturated rings. The van der Waals surface area contributed by atoms with Gasteiger partial charge in [-0.3, -0.25) is 4.79 Å². The SMILES string of the molecule is CCC(C)OC(=O)NC1CCCC1C(=O)O. The van der Waals surface area contributed by atoms with Gasteiger partial charge in [-0.25, -0.2) is 4.79 Å². The second-order valence-electron chi connectivity index (χ2n) is 4.25. The number of hydrogen-bond acceptors (Lipinski definition) is 3. The number of rotatable bonds is 4. The van der Waals surface area contributed by atoms with Gasteiger partial charge >= 0.3 is 12.1 Å². The normalized spacial score (nSPS) is 26.1. The zero-order valence-electron chi connectivity index (χ0n) is 9.73. The number of alkyl carbamates (subject to hydrolysis) is 1.